The van der Waals surface area contributed by atoms with E-state index in [2.05, 4.69) is 14.6 Å². The second kappa shape index (κ2) is 7.33. The largest absolute Gasteiger partial charge is 0.573 e. The molecule has 0 aliphatic carbocycles. The highest BCUT2D eigenvalue weighted by Gasteiger charge is 2.31. The van der Waals surface area contributed by atoms with Crippen LogP contribution in [0.15, 0.2) is 52.7 Å². The van der Waals surface area contributed by atoms with Crippen molar-refractivity contribution >= 4 is 21.4 Å². The van der Waals surface area contributed by atoms with Gasteiger partial charge in [0.15, 0.2) is 0 Å². The van der Waals surface area contributed by atoms with Crippen LogP contribution in [0.1, 0.15) is 5.69 Å². The predicted molar refractivity (Wildman–Crippen MR) is 93.7 cm³/mol. The Labute approximate surface area is 157 Å². The van der Waals surface area contributed by atoms with E-state index in [9.17, 15) is 21.6 Å². The van der Waals surface area contributed by atoms with E-state index in [-0.39, 0.29) is 11.4 Å². The van der Waals surface area contributed by atoms with Gasteiger partial charge in [0.1, 0.15) is 11.4 Å². The molecule has 2 heterocycles. The average Bonchev–Trinajstić information content (AvgIpc) is 3.21. The van der Waals surface area contributed by atoms with Gasteiger partial charge in [-0.05, 0) is 41.8 Å². The second-order valence-electron chi connectivity index (χ2n) is 5.47. The number of sulfonamides is 1. The van der Waals surface area contributed by atoms with Crippen molar-refractivity contribution in [3.8, 4) is 16.3 Å². The SMILES string of the molecule is Cn1nc(-c2cccs2)cc1CNS(=O)(=O)c1ccc(OC(F)(F)F)cc1. The van der Waals surface area contributed by atoms with E-state index in [1.54, 1.807) is 17.8 Å². The molecule has 0 radical (unpaired) electrons. The lowest BCUT2D eigenvalue weighted by atomic mass is 10.3. The summed E-state index contributed by atoms with van der Waals surface area (Å²) in [4.78, 5) is 0.789. The average molecular weight is 417 g/mol. The Hall–Kier alpha value is -2.37. The molecule has 0 atom stereocenters. The number of aryl methyl sites for hydroxylation is 1. The lowest BCUT2D eigenvalue weighted by molar-refractivity contribution is -0.274. The van der Waals surface area contributed by atoms with Gasteiger partial charge in [-0.2, -0.15) is 5.10 Å². The maximum absolute atomic E-state index is 12.3. The van der Waals surface area contributed by atoms with Crippen LogP contribution in [-0.2, 0) is 23.6 Å². The molecule has 3 rings (SSSR count). The van der Waals surface area contributed by atoms with Crippen molar-refractivity contribution in [2.75, 3.05) is 0 Å². The molecule has 6 nitrogen and oxygen atoms in total. The fourth-order valence-corrected chi connectivity index (χ4v) is 3.97. The first-order chi connectivity index (χ1) is 12.6. The summed E-state index contributed by atoms with van der Waals surface area (Å²) in [6.07, 6.45) is -4.83. The monoisotopic (exact) mass is 417 g/mol. The fraction of sp³-hybridized carbons (Fsp3) is 0.188. The number of nitrogens with zero attached hydrogens (tertiary/aromatic N) is 2. The molecule has 3 aromatic rings. The Morgan fingerprint density at radius 1 is 1.22 bits per heavy atom. The minimum atomic E-state index is -4.83. The van der Waals surface area contributed by atoms with Crippen molar-refractivity contribution in [3.05, 3.63) is 53.5 Å². The normalized spacial score (nSPS) is 12.3. The first-order valence-electron chi connectivity index (χ1n) is 7.56. The van der Waals surface area contributed by atoms with E-state index < -0.39 is 22.1 Å². The molecular formula is C16H14F3N3O3S2. The third kappa shape index (κ3) is 4.87. The summed E-state index contributed by atoms with van der Waals surface area (Å²) in [5, 5.41) is 6.26. The van der Waals surface area contributed by atoms with Crippen LogP contribution in [0.3, 0.4) is 0 Å². The van der Waals surface area contributed by atoms with Crippen LogP contribution in [0.2, 0.25) is 0 Å². The standard InChI is InChI=1S/C16H14F3N3O3S2/c1-22-11(9-14(21-22)15-3-2-8-26-15)10-20-27(23,24)13-6-4-12(5-7-13)25-16(17,18)19/h2-9,20H,10H2,1H3. The molecule has 0 bridgehead atoms. The van der Waals surface area contributed by atoms with Crippen molar-refractivity contribution in [2.24, 2.45) is 7.05 Å². The van der Waals surface area contributed by atoms with E-state index >= 15 is 0 Å². The quantitative estimate of drug-likeness (QED) is 0.666. The highest BCUT2D eigenvalue weighted by Crippen LogP contribution is 2.25. The minimum Gasteiger partial charge on any atom is -0.406 e. The molecule has 2 aromatic heterocycles. The summed E-state index contributed by atoms with van der Waals surface area (Å²) >= 11 is 1.52. The Kier molecular flexibility index (Phi) is 5.27. The van der Waals surface area contributed by atoms with Crippen LogP contribution < -0.4 is 9.46 Å². The molecule has 27 heavy (non-hydrogen) atoms. The van der Waals surface area contributed by atoms with Gasteiger partial charge in [-0.15, -0.1) is 24.5 Å². The molecule has 11 heteroatoms. The van der Waals surface area contributed by atoms with Gasteiger partial charge in [-0.3, -0.25) is 4.68 Å². The number of aromatic nitrogens is 2. The number of hydrogen-bond acceptors (Lipinski definition) is 5. The number of benzene rings is 1. The summed E-state index contributed by atoms with van der Waals surface area (Å²) < 4.78 is 68.9. The lowest BCUT2D eigenvalue weighted by Crippen LogP contribution is -2.24. The van der Waals surface area contributed by atoms with Crippen LogP contribution in [-0.4, -0.2) is 24.6 Å². The molecular weight excluding hydrogens is 403 g/mol. The summed E-state index contributed by atoms with van der Waals surface area (Å²) in [7, 11) is -2.21. The maximum atomic E-state index is 12.3. The molecule has 0 unspecified atom stereocenters. The molecule has 1 aromatic carbocycles. The van der Waals surface area contributed by atoms with Gasteiger partial charge in [-0.1, -0.05) is 6.07 Å². The number of thiophene rings is 1. The highest BCUT2D eigenvalue weighted by molar-refractivity contribution is 7.89. The van der Waals surface area contributed by atoms with E-state index in [0.717, 1.165) is 34.8 Å². The van der Waals surface area contributed by atoms with Crippen LogP contribution in [0.5, 0.6) is 5.75 Å². The van der Waals surface area contributed by atoms with Crippen molar-refractivity contribution in [3.63, 3.8) is 0 Å². The smallest absolute Gasteiger partial charge is 0.406 e. The van der Waals surface area contributed by atoms with Crippen LogP contribution in [0.4, 0.5) is 13.2 Å². The maximum Gasteiger partial charge on any atom is 0.573 e. The predicted octanol–water partition coefficient (Wildman–Crippen LogP) is 3.53. The van der Waals surface area contributed by atoms with Crippen molar-refractivity contribution in [1.29, 1.82) is 0 Å². The van der Waals surface area contributed by atoms with Gasteiger partial charge in [-0.25, -0.2) is 13.1 Å². The zero-order valence-corrected chi connectivity index (χ0v) is 15.5. The van der Waals surface area contributed by atoms with E-state index in [1.807, 2.05) is 17.5 Å². The Morgan fingerprint density at radius 3 is 2.52 bits per heavy atom. The fourth-order valence-electron chi connectivity index (χ4n) is 2.29. The molecule has 144 valence electrons. The van der Waals surface area contributed by atoms with Crippen LogP contribution >= 0.6 is 11.3 Å². The summed E-state index contributed by atoms with van der Waals surface area (Å²) in [5.41, 5.74) is 1.37. The second-order valence-corrected chi connectivity index (χ2v) is 8.18. The van der Waals surface area contributed by atoms with Crippen LogP contribution in [0.25, 0.3) is 10.6 Å². The Morgan fingerprint density at radius 2 is 1.93 bits per heavy atom. The molecule has 0 aliphatic rings. The Bertz CT molecular complexity index is 1010. The molecule has 0 spiro atoms. The first-order valence-corrected chi connectivity index (χ1v) is 9.93. The van der Waals surface area contributed by atoms with E-state index in [0.29, 0.717) is 5.69 Å². The topological polar surface area (TPSA) is 73.2 Å². The zero-order chi connectivity index (χ0) is 19.7. The molecule has 0 fully saturated rings. The zero-order valence-electron chi connectivity index (χ0n) is 13.9. The van der Waals surface area contributed by atoms with Gasteiger partial charge in [0.05, 0.1) is 22.0 Å². The molecule has 1 N–H and O–H groups in total. The molecule has 0 amide bonds. The highest BCUT2D eigenvalue weighted by atomic mass is 32.2. The number of rotatable bonds is 6. The van der Waals surface area contributed by atoms with E-state index in [1.165, 1.54) is 11.3 Å². The number of halogens is 3. The number of nitrogens with one attached hydrogen (secondary N) is 1. The Balaban J connectivity index is 1.70. The van der Waals surface area contributed by atoms with Crippen molar-refractivity contribution in [2.45, 2.75) is 17.8 Å². The van der Waals surface area contributed by atoms with Crippen LogP contribution in [0, 0.1) is 0 Å². The first kappa shape index (κ1) is 19.4. The molecule has 0 saturated carbocycles. The van der Waals surface area contributed by atoms with Crippen molar-refractivity contribution in [1.82, 2.24) is 14.5 Å². The third-order valence-corrected chi connectivity index (χ3v) is 5.87. The third-order valence-electron chi connectivity index (χ3n) is 3.56. The summed E-state index contributed by atoms with van der Waals surface area (Å²) in [6, 6.07) is 9.55. The van der Waals surface area contributed by atoms with Crippen molar-refractivity contribution < 1.29 is 26.3 Å². The summed E-state index contributed by atoms with van der Waals surface area (Å²) in [6.45, 7) is -0.0159. The van der Waals surface area contributed by atoms with Gasteiger partial charge >= 0.3 is 6.36 Å². The van der Waals surface area contributed by atoms with Gasteiger partial charge in [0.25, 0.3) is 0 Å². The van der Waals surface area contributed by atoms with E-state index in [4.69, 9.17) is 0 Å². The number of ether oxygens (including phenoxy) is 1. The number of alkyl halides is 3. The molecule has 0 aliphatic heterocycles. The lowest BCUT2D eigenvalue weighted by Gasteiger charge is -2.10. The number of hydrogen-bond donors (Lipinski definition) is 1. The van der Waals surface area contributed by atoms with Gasteiger partial charge in [0, 0.05) is 7.05 Å². The van der Waals surface area contributed by atoms with Gasteiger partial charge in [0.2, 0.25) is 10.0 Å². The minimum absolute atomic E-state index is 0.0159. The summed E-state index contributed by atoms with van der Waals surface area (Å²) in [5.74, 6) is -0.492. The molecule has 0 saturated heterocycles. The van der Waals surface area contributed by atoms with Gasteiger partial charge < -0.3 is 4.74 Å².